The Balaban J connectivity index is 1.57. The van der Waals surface area contributed by atoms with Gasteiger partial charge in [-0.15, -0.1) is 0 Å². The molecule has 1 unspecified atom stereocenters. The van der Waals surface area contributed by atoms with Crippen LogP contribution in [-0.2, 0) is 24.2 Å². The van der Waals surface area contributed by atoms with E-state index in [1.54, 1.807) is 10.7 Å². The zero-order chi connectivity index (χ0) is 25.2. The van der Waals surface area contributed by atoms with Gasteiger partial charge in [-0.3, -0.25) is 13.9 Å². The van der Waals surface area contributed by atoms with Crippen LogP contribution in [0.2, 0.25) is 5.02 Å². The van der Waals surface area contributed by atoms with E-state index in [4.69, 9.17) is 16.3 Å². The van der Waals surface area contributed by atoms with Crippen molar-refractivity contribution in [3.05, 3.63) is 85.5 Å². The van der Waals surface area contributed by atoms with Gasteiger partial charge in [-0.05, 0) is 41.8 Å². The van der Waals surface area contributed by atoms with Crippen LogP contribution < -0.4 is 16.6 Å². The van der Waals surface area contributed by atoms with E-state index < -0.39 is 17.9 Å². The molecular formula is C25H26ClFN6O3. The Kier molecular flexibility index (Phi) is 6.99. The maximum absolute atomic E-state index is 12.8. The van der Waals surface area contributed by atoms with Crippen molar-refractivity contribution in [3.63, 3.8) is 0 Å². The number of ether oxygens (including phenoxy) is 1. The zero-order valence-corrected chi connectivity index (χ0v) is 20.5. The lowest BCUT2D eigenvalue weighted by atomic mass is 9.94. The molecule has 0 amide bonds. The number of aryl methyl sites for hydroxylation is 2. The second-order valence-corrected chi connectivity index (χ2v) is 9.28. The molecule has 1 aliphatic rings. The van der Waals surface area contributed by atoms with Gasteiger partial charge in [0.25, 0.3) is 5.56 Å². The van der Waals surface area contributed by atoms with E-state index >= 15 is 0 Å². The second kappa shape index (κ2) is 10.3. The number of morpholine rings is 1. The van der Waals surface area contributed by atoms with E-state index in [1.165, 1.54) is 23.2 Å². The minimum atomic E-state index is -0.698. The highest BCUT2D eigenvalue weighted by atomic mass is 35.5. The standard InChI is InChI=1S/C25H26ClFN6O3/c1-16-8-18(26)10-21(20(16)11-19-12-28-4-7-36-19)24-22-9-17(14-33(22)30-15-29-24)13-32-23(34)2-5-31(6-3-27)25(32)35/h2,5,8-10,14-15,19,28H,3-4,6-7,11-13H2,1H3. The summed E-state index contributed by atoms with van der Waals surface area (Å²) >= 11 is 6.46. The molecular weight excluding hydrogens is 487 g/mol. The molecule has 1 N–H and O–H groups in total. The average Bonchev–Trinajstić information content (AvgIpc) is 3.29. The summed E-state index contributed by atoms with van der Waals surface area (Å²) in [6.45, 7) is 3.51. The number of nitrogens with one attached hydrogen (secondary N) is 1. The van der Waals surface area contributed by atoms with Crippen LogP contribution >= 0.6 is 11.6 Å². The second-order valence-electron chi connectivity index (χ2n) is 8.84. The third kappa shape index (κ3) is 4.84. The molecule has 3 aromatic heterocycles. The first-order chi connectivity index (χ1) is 17.4. The third-order valence-electron chi connectivity index (χ3n) is 6.40. The van der Waals surface area contributed by atoms with Crippen molar-refractivity contribution >= 4 is 17.1 Å². The van der Waals surface area contributed by atoms with Gasteiger partial charge in [0.2, 0.25) is 0 Å². The van der Waals surface area contributed by atoms with Crippen LogP contribution in [-0.4, -0.2) is 56.2 Å². The Labute approximate surface area is 211 Å². The van der Waals surface area contributed by atoms with Gasteiger partial charge in [0.05, 0.1) is 37.0 Å². The van der Waals surface area contributed by atoms with Crippen LogP contribution in [0.4, 0.5) is 4.39 Å². The number of halogens is 2. The van der Waals surface area contributed by atoms with Crippen molar-refractivity contribution in [1.82, 2.24) is 29.0 Å². The van der Waals surface area contributed by atoms with Crippen LogP contribution in [0, 0.1) is 6.92 Å². The van der Waals surface area contributed by atoms with Gasteiger partial charge in [-0.1, -0.05) is 11.6 Å². The number of hydrogen-bond donors (Lipinski definition) is 1. The Morgan fingerprint density at radius 1 is 1.28 bits per heavy atom. The van der Waals surface area contributed by atoms with E-state index in [1.807, 2.05) is 25.1 Å². The van der Waals surface area contributed by atoms with Crippen LogP contribution in [0.5, 0.6) is 0 Å². The lowest BCUT2D eigenvalue weighted by Crippen LogP contribution is -2.39. The molecule has 188 valence electrons. The van der Waals surface area contributed by atoms with Crippen LogP contribution in [0.15, 0.2) is 52.6 Å². The third-order valence-corrected chi connectivity index (χ3v) is 6.62. The smallest absolute Gasteiger partial charge is 0.331 e. The van der Waals surface area contributed by atoms with Crippen molar-refractivity contribution in [2.24, 2.45) is 0 Å². The number of hydrogen-bond acceptors (Lipinski definition) is 6. The molecule has 0 saturated carbocycles. The first-order valence-corrected chi connectivity index (χ1v) is 12.1. The number of fused-ring (bicyclic) bond motifs is 1. The van der Waals surface area contributed by atoms with Gasteiger partial charge >= 0.3 is 5.69 Å². The monoisotopic (exact) mass is 512 g/mol. The first-order valence-electron chi connectivity index (χ1n) is 11.7. The lowest BCUT2D eigenvalue weighted by molar-refractivity contribution is 0.0292. The molecule has 0 spiro atoms. The number of nitrogens with zero attached hydrogens (tertiary/aromatic N) is 5. The van der Waals surface area contributed by atoms with Gasteiger partial charge in [-0.2, -0.15) is 5.10 Å². The Hall–Kier alpha value is -3.34. The van der Waals surface area contributed by atoms with Gasteiger partial charge < -0.3 is 10.1 Å². The number of alkyl halides is 1. The molecule has 1 aromatic carbocycles. The van der Waals surface area contributed by atoms with Crippen molar-refractivity contribution in [3.8, 4) is 11.3 Å². The molecule has 1 aliphatic heterocycles. The molecule has 0 bridgehead atoms. The van der Waals surface area contributed by atoms with Crippen molar-refractivity contribution in [2.45, 2.75) is 32.5 Å². The lowest BCUT2D eigenvalue weighted by Gasteiger charge is -2.25. The van der Waals surface area contributed by atoms with E-state index in [0.717, 1.165) is 34.3 Å². The largest absolute Gasteiger partial charge is 0.375 e. The normalized spacial score (nSPS) is 16.0. The van der Waals surface area contributed by atoms with Crippen molar-refractivity contribution < 1.29 is 9.13 Å². The Bertz CT molecular complexity index is 1520. The Morgan fingerprint density at radius 3 is 2.92 bits per heavy atom. The summed E-state index contributed by atoms with van der Waals surface area (Å²) < 4.78 is 22.7. The van der Waals surface area contributed by atoms with Crippen LogP contribution in [0.25, 0.3) is 16.8 Å². The summed E-state index contributed by atoms with van der Waals surface area (Å²) in [6, 6.07) is 6.95. The highest BCUT2D eigenvalue weighted by Gasteiger charge is 2.21. The number of benzene rings is 1. The summed E-state index contributed by atoms with van der Waals surface area (Å²) in [7, 11) is 0. The molecule has 1 fully saturated rings. The molecule has 11 heteroatoms. The van der Waals surface area contributed by atoms with Gasteiger partial charge in [-0.25, -0.2) is 18.7 Å². The highest BCUT2D eigenvalue weighted by Crippen LogP contribution is 2.33. The molecule has 4 heterocycles. The summed E-state index contributed by atoms with van der Waals surface area (Å²) in [5.41, 5.74) is 4.09. The topological polar surface area (TPSA) is 95.5 Å². The molecule has 1 saturated heterocycles. The molecule has 9 nitrogen and oxygen atoms in total. The number of aromatic nitrogens is 5. The molecule has 36 heavy (non-hydrogen) atoms. The van der Waals surface area contributed by atoms with Crippen LogP contribution in [0.3, 0.4) is 0 Å². The highest BCUT2D eigenvalue weighted by molar-refractivity contribution is 6.31. The Morgan fingerprint density at radius 2 is 2.14 bits per heavy atom. The average molecular weight is 513 g/mol. The quantitative estimate of drug-likeness (QED) is 0.408. The van der Waals surface area contributed by atoms with Crippen molar-refractivity contribution in [2.75, 3.05) is 26.4 Å². The van der Waals surface area contributed by atoms with E-state index in [9.17, 15) is 14.0 Å². The summed E-state index contributed by atoms with van der Waals surface area (Å²) in [4.78, 5) is 29.7. The van der Waals surface area contributed by atoms with E-state index in [2.05, 4.69) is 15.4 Å². The van der Waals surface area contributed by atoms with Crippen LogP contribution in [0.1, 0.15) is 16.7 Å². The van der Waals surface area contributed by atoms with E-state index in [0.29, 0.717) is 34.8 Å². The van der Waals surface area contributed by atoms with Gasteiger partial charge in [0.15, 0.2) is 0 Å². The number of rotatable bonds is 7. The molecule has 0 radical (unpaired) electrons. The zero-order valence-electron chi connectivity index (χ0n) is 19.8. The fraction of sp³-hybridized carbons (Fsp3) is 0.360. The minimum absolute atomic E-state index is 0.0244. The molecule has 1 atom stereocenters. The van der Waals surface area contributed by atoms with E-state index in [-0.39, 0.29) is 19.2 Å². The maximum Gasteiger partial charge on any atom is 0.331 e. The SMILES string of the molecule is Cc1cc(Cl)cc(-c2ncnn3cc(Cn4c(=O)ccn(CCF)c4=O)cc23)c1CC1CNCCO1. The predicted molar refractivity (Wildman–Crippen MR) is 135 cm³/mol. The molecule has 0 aliphatic carbocycles. The first kappa shape index (κ1) is 24.4. The predicted octanol–water partition coefficient (Wildman–Crippen LogP) is 2.23. The van der Waals surface area contributed by atoms with Crippen molar-refractivity contribution in [1.29, 1.82) is 0 Å². The molecule has 4 aromatic rings. The summed E-state index contributed by atoms with van der Waals surface area (Å²) in [5, 5.41) is 8.29. The fourth-order valence-corrected chi connectivity index (χ4v) is 4.93. The van der Waals surface area contributed by atoms with Gasteiger partial charge in [0, 0.05) is 48.6 Å². The van der Waals surface area contributed by atoms with Gasteiger partial charge in [0.1, 0.15) is 13.0 Å². The maximum atomic E-state index is 12.8. The fourth-order valence-electron chi connectivity index (χ4n) is 4.66. The summed E-state index contributed by atoms with van der Waals surface area (Å²) in [6.07, 6.45) is 5.27. The summed E-state index contributed by atoms with van der Waals surface area (Å²) in [5.74, 6) is 0. The molecule has 5 rings (SSSR count). The minimum Gasteiger partial charge on any atom is -0.375 e.